The van der Waals surface area contributed by atoms with Gasteiger partial charge in [0.05, 0.1) is 6.04 Å². The standard InChI is InChI=1S/C12H18N4O2/c1-3-5-9(11(13)16-18)15-12(17)10-7-4-6-8(2)14-10/h4,6-7,9,18H,3,5H2,1-2H3,(H2,13,16)(H,15,17). The van der Waals surface area contributed by atoms with Crippen LogP contribution in [0, 0.1) is 6.92 Å². The lowest BCUT2D eigenvalue weighted by atomic mass is 10.1. The molecule has 0 saturated heterocycles. The molecule has 1 atom stereocenters. The molecule has 0 fully saturated rings. The van der Waals surface area contributed by atoms with Crippen LogP contribution in [-0.4, -0.2) is 28.0 Å². The van der Waals surface area contributed by atoms with Crippen LogP contribution in [0.5, 0.6) is 0 Å². The van der Waals surface area contributed by atoms with Crippen molar-refractivity contribution in [1.29, 1.82) is 0 Å². The van der Waals surface area contributed by atoms with E-state index in [0.29, 0.717) is 12.1 Å². The maximum atomic E-state index is 11.9. The summed E-state index contributed by atoms with van der Waals surface area (Å²) in [7, 11) is 0. The van der Waals surface area contributed by atoms with Gasteiger partial charge in [-0.1, -0.05) is 24.6 Å². The van der Waals surface area contributed by atoms with Crippen LogP contribution in [-0.2, 0) is 0 Å². The van der Waals surface area contributed by atoms with E-state index in [1.807, 2.05) is 19.9 Å². The number of amidine groups is 1. The monoisotopic (exact) mass is 250 g/mol. The lowest BCUT2D eigenvalue weighted by Gasteiger charge is -2.16. The van der Waals surface area contributed by atoms with Crippen molar-refractivity contribution in [2.75, 3.05) is 0 Å². The lowest BCUT2D eigenvalue weighted by molar-refractivity contribution is 0.0939. The van der Waals surface area contributed by atoms with Crippen LogP contribution in [0.3, 0.4) is 0 Å². The fraction of sp³-hybridized carbons (Fsp3) is 0.417. The van der Waals surface area contributed by atoms with Crippen LogP contribution < -0.4 is 11.1 Å². The van der Waals surface area contributed by atoms with Crippen molar-refractivity contribution >= 4 is 11.7 Å². The summed E-state index contributed by atoms with van der Waals surface area (Å²) in [5.74, 6) is -0.332. The average Bonchev–Trinajstić information content (AvgIpc) is 2.37. The number of amides is 1. The number of nitrogens with one attached hydrogen (secondary N) is 1. The molecule has 1 heterocycles. The Morgan fingerprint density at radius 3 is 2.89 bits per heavy atom. The molecule has 98 valence electrons. The zero-order valence-electron chi connectivity index (χ0n) is 10.6. The Labute approximate surface area is 106 Å². The van der Waals surface area contributed by atoms with Crippen LogP contribution >= 0.6 is 0 Å². The Bertz CT molecular complexity index is 445. The summed E-state index contributed by atoms with van der Waals surface area (Å²) in [6.45, 7) is 3.76. The van der Waals surface area contributed by atoms with Gasteiger partial charge in [-0.2, -0.15) is 0 Å². The van der Waals surface area contributed by atoms with Crippen molar-refractivity contribution in [1.82, 2.24) is 10.3 Å². The lowest BCUT2D eigenvalue weighted by Crippen LogP contribution is -2.44. The van der Waals surface area contributed by atoms with Crippen LogP contribution in [0.4, 0.5) is 0 Å². The molecule has 0 aliphatic carbocycles. The minimum Gasteiger partial charge on any atom is -0.409 e. The van der Waals surface area contributed by atoms with E-state index in [4.69, 9.17) is 10.9 Å². The molecule has 1 aromatic rings. The van der Waals surface area contributed by atoms with E-state index in [1.54, 1.807) is 12.1 Å². The summed E-state index contributed by atoms with van der Waals surface area (Å²) in [6, 6.07) is 4.71. The predicted molar refractivity (Wildman–Crippen MR) is 68.5 cm³/mol. The Morgan fingerprint density at radius 1 is 1.61 bits per heavy atom. The zero-order chi connectivity index (χ0) is 13.5. The molecular weight excluding hydrogens is 232 g/mol. The van der Waals surface area contributed by atoms with Crippen LogP contribution in [0.25, 0.3) is 0 Å². The van der Waals surface area contributed by atoms with Gasteiger partial charge in [-0.05, 0) is 25.5 Å². The van der Waals surface area contributed by atoms with Crippen molar-refractivity contribution < 1.29 is 10.0 Å². The normalized spacial score (nSPS) is 13.1. The topological polar surface area (TPSA) is 101 Å². The van der Waals surface area contributed by atoms with E-state index in [2.05, 4.69) is 15.5 Å². The van der Waals surface area contributed by atoms with E-state index in [-0.39, 0.29) is 11.7 Å². The summed E-state index contributed by atoms with van der Waals surface area (Å²) in [5.41, 5.74) is 6.61. The van der Waals surface area contributed by atoms with E-state index < -0.39 is 6.04 Å². The second-order valence-electron chi connectivity index (χ2n) is 4.00. The van der Waals surface area contributed by atoms with Crippen LogP contribution in [0.1, 0.15) is 35.9 Å². The number of aromatic nitrogens is 1. The van der Waals surface area contributed by atoms with E-state index in [9.17, 15) is 4.79 Å². The second kappa shape index (κ2) is 6.58. The fourth-order valence-electron chi connectivity index (χ4n) is 1.55. The van der Waals surface area contributed by atoms with Gasteiger partial charge in [-0.3, -0.25) is 4.79 Å². The summed E-state index contributed by atoms with van der Waals surface area (Å²) in [5, 5.41) is 14.3. The molecule has 1 aromatic heterocycles. The van der Waals surface area contributed by atoms with Gasteiger partial charge < -0.3 is 16.3 Å². The van der Waals surface area contributed by atoms with Gasteiger partial charge in [0, 0.05) is 5.69 Å². The number of aryl methyl sites for hydroxylation is 1. The molecular formula is C12H18N4O2. The Morgan fingerprint density at radius 2 is 2.33 bits per heavy atom. The van der Waals surface area contributed by atoms with Gasteiger partial charge >= 0.3 is 0 Å². The van der Waals surface area contributed by atoms with Crippen molar-refractivity contribution in [3.05, 3.63) is 29.6 Å². The molecule has 1 unspecified atom stereocenters. The van der Waals surface area contributed by atoms with E-state index in [1.165, 1.54) is 0 Å². The first-order chi connectivity index (χ1) is 8.58. The molecule has 0 aliphatic rings. The number of oxime groups is 1. The number of nitrogens with zero attached hydrogens (tertiary/aromatic N) is 2. The van der Waals surface area contributed by atoms with E-state index >= 15 is 0 Å². The Balaban J connectivity index is 2.78. The van der Waals surface area contributed by atoms with Crippen molar-refractivity contribution in [2.45, 2.75) is 32.7 Å². The SMILES string of the molecule is CCCC(NC(=O)c1cccc(C)n1)/C(N)=N/O. The zero-order valence-corrected chi connectivity index (χ0v) is 10.6. The third-order valence-corrected chi connectivity index (χ3v) is 2.48. The summed E-state index contributed by atoms with van der Waals surface area (Å²) < 4.78 is 0. The smallest absolute Gasteiger partial charge is 0.270 e. The molecule has 18 heavy (non-hydrogen) atoms. The highest BCUT2D eigenvalue weighted by Gasteiger charge is 2.17. The molecule has 0 spiro atoms. The van der Waals surface area contributed by atoms with Crippen molar-refractivity contribution in [3.8, 4) is 0 Å². The largest absolute Gasteiger partial charge is 0.409 e. The van der Waals surface area contributed by atoms with Gasteiger partial charge in [-0.15, -0.1) is 0 Å². The number of rotatable bonds is 5. The van der Waals surface area contributed by atoms with Crippen LogP contribution in [0.2, 0.25) is 0 Å². The van der Waals surface area contributed by atoms with Gasteiger partial charge in [0.1, 0.15) is 5.69 Å². The molecule has 4 N–H and O–H groups in total. The fourth-order valence-corrected chi connectivity index (χ4v) is 1.55. The Hall–Kier alpha value is -2.11. The predicted octanol–water partition coefficient (Wildman–Crippen LogP) is 1.03. The second-order valence-corrected chi connectivity index (χ2v) is 4.00. The molecule has 0 bridgehead atoms. The Kier molecular flexibility index (Phi) is 5.10. The molecule has 0 saturated carbocycles. The highest BCUT2D eigenvalue weighted by atomic mass is 16.4. The third-order valence-electron chi connectivity index (χ3n) is 2.48. The average molecular weight is 250 g/mol. The number of hydrogen-bond donors (Lipinski definition) is 3. The maximum Gasteiger partial charge on any atom is 0.270 e. The molecule has 0 aromatic carbocycles. The highest BCUT2D eigenvalue weighted by Crippen LogP contribution is 2.02. The maximum absolute atomic E-state index is 11.9. The molecule has 6 nitrogen and oxygen atoms in total. The van der Waals surface area contributed by atoms with Gasteiger partial charge in [0.25, 0.3) is 5.91 Å². The molecule has 0 radical (unpaired) electrons. The summed E-state index contributed by atoms with van der Waals surface area (Å²) in [6.07, 6.45) is 1.41. The molecule has 6 heteroatoms. The van der Waals surface area contributed by atoms with Crippen molar-refractivity contribution in [3.63, 3.8) is 0 Å². The highest BCUT2D eigenvalue weighted by molar-refractivity contribution is 5.96. The summed E-state index contributed by atoms with van der Waals surface area (Å²) >= 11 is 0. The molecule has 0 aliphatic heterocycles. The van der Waals surface area contributed by atoms with Gasteiger partial charge in [0.2, 0.25) is 0 Å². The first-order valence-electron chi connectivity index (χ1n) is 5.80. The number of carbonyl (C=O) groups excluding carboxylic acids is 1. The van der Waals surface area contributed by atoms with E-state index in [0.717, 1.165) is 12.1 Å². The third kappa shape index (κ3) is 3.73. The van der Waals surface area contributed by atoms with Crippen molar-refractivity contribution in [2.24, 2.45) is 10.9 Å². The molecule has 1 amide bonds. The minimum atomic E-state index is -0.477. The summed E-state index contributed by atoms with van der Waals surface area (Å²) in [4.78, 5) is 16.1. The molecule has 1 rings (SSSR count). The number of nitrogens with two attached hydrogens (primary N) is 1. The van der Waals surface area contributed by atoms with Gasteiger partial charge in [0.15, 0.2) is 5.84 Å². The van der Waals surface area contributed by atoms with Gasteiger partial charge in [-0.25, -0.2) is 4.98 Å². The first kappa shape index (κ1) is 14.0. The van der Waals surface area contributed by atoms with Crippen LogP contribution in [0.15, 0.2) is 23.4 Å². The quantitative estimate of drug-likeness (QED) is 0.314. The number of hydrogen-bond acceptors (Lipinski definition) is 4. The minimum absolute atomic E-state index is 0.00199. The number of carbonyl (C=O) groups is 1. The number of pyridine rings is 1. The first-order valence-corrected chi connectivity index (χ1v) is 5.80.